The number of esters is 1. The summed E-state index contributed by atoms with van der Waals surface area (Å²) < 4.78 is 16.0. The van der Waals surface area contributed by atoms with Crippen molar-refractivity contribution < 1.29 is 23.8 Å². The fourth-order valence-electron chi connectivity index (χ4n) is 2.51. The van der Waals surface area contributed by atoms with E-state index in [9.17, 15) is 9.59 Å². The van der Waals surface area contributed by atoms with Crippen molar-refractivity contribution in [2.24, 2.45) is 0 Å². The minimum Gasteiger partial charge on any atom is -0.490 e. The third-order valence-electron chi connectivity index (χ3n) is 3.81. The van der Waals surface area contributed by atoms with Crippen molar-refractivity contribution >= 4 is 34.8 Å². The van der Waals surface area contributed by atoms with E-state index in [0.717, 1.165) is 11.3 Å². The quantitative estimate of drug-likeness (QED) is 0.562. The molecule has 0 aliphatic rings. The lowest BCUT2D eigenvalue weighted by Crippen LogP contribution is -2.30. The first-order chi connectivity index (χ1) is 13.5. The Morgan fingerprint density at radius 3 is 2.64 bits per heavy atom. The van der Waals surface area contributed by atoms with E-state index in [-0.39, 0.29) is 12.3 Å². The van der Waals surface area contributed by atoms with Gasteiger partial charge in [0.15, 0.2) is 11.5 Å². The van der Waals surface area contributed by atoms with E-state index in [1.807, 2.05) is 31.4 Å². The van der Waals surface area contributed by atoms with Gasteiger partial charge in [-0.05, 0) is 36.9 Å². The maximum Gasteiger partial charge on any atom is 0.307 e. The molecule has 1 unspecified atom stereocenters. The topological polar surface area (TPSA) is 73.9 Å². The third kappa shape index (κ3) is 5.87. The van der Waals surface area contributed by atoms with E-state index in [0.29, 0.717) is 35.3 Å². The molecule has 1 amide bonds. The molecule has 0 spiro atoms. The van der Waals surface area contributed by atoms with Gasteiger partial charge < -0.3 is 19.5 Å². The highest BCUT2D eigenvalue weighted by Gasteiger charge is 2.22. The van der Waals surface area contributed by atoms with Gasteiger partial charge >= 0.3 is 5.97 Å². The second-order valence-electron chi connectivity index (χ2n) is 5.89. The summed E-state index contributed by atoms with van der Waals surface area (Å²) >= 11 is 7.79. The van der Waals surface area contributed by atoms with E-state index < -0.39 is 12.0 Å². The van der Waals surface area contributed by atoms with Gasteiger partial charge in [-0.25, -0.2) is 0 Å². The molecular formula is C20H24ClNO5S. The summed E-state index contributed by atoms with van der Waals surface area (Å²) in [5, 5.41) is 5.06. The van der Waals surface area contributed by atoms with Gasteiger partial charge in [-0.3, -0.25) is 9.59 Å². The maximum atomic E-state index is 12.8. The van der Waals surface area contributed by atoms with Crippen LogP contribution < -0.4 is 14.8 Å². The molecule has 0 bridgehead atoms. The minimum absolute atomic E-state index is 0.0342. The zero-order valence-electron chi connectivity index (χ0n) is 16.1. The molecule has 152 valence electrons. The number of methoxy groups -OCH3 is 1. The molecule has 0 aliphatic carbocycles. The fourth-order valence-corrected chi connectivity index (χ4v) is 3.55. The summed E-state index contributed by atoms with van der Waals surface area (Å²) in [5.74, 6) is 0.0581. The monoisotopic (exact) mass is 425 g/mol. The molecule has 1 N–H and O–H groups in total. The summed E-state index contributed by atoms with van der Waals surface area (Å²) in [6.45, 7) is 4.73. The number of carbonyl (C=O) groups excluding carboxylic acids is 2. The molecule has 1 aromatic carbocycles. The molecule has 2 aromatic rings. The van der Waals surface area contributed by atoms with Crippen LogP contribution in [0.15, 0.2) is 29.6 Å². The lowest BCUT2D eigenvalue weighted by Gasteiger charge is -2.18. The summed E-state index contributed by atoms with van der Waals surface area (Å²) in [4.78, 5) is 25.4. The normalized spacial score (nSPS) is 11.6. The predicted molar refractivity (Wildman–Crippen MR) is 110 cm³/mol. The molecule has 28 heavy (non-hydrogen) atoms. The summed E-state index contributed by atoms with van der Waals surface area (Å²) in [6, 6.07) is 6.36. The van der Waals surface area contributed by atoms with Crippen molar-refractivity contribution in [3.8, 4) is 11.5 Å². The van der Waals surface area contributed by atoms with E-state index in [2.05, 4.69) is 5.32 Å². The van der Waals surface area contributed by atoms with Crippen molar-refractivity contribution in [1.82, 2.24) is 5.32 Å². The number of ether oxygens (including phenoxy) is 3. The van der Waals surface area contributed by atoms with E-state index in [4.69, 9.17) is 25.8 Å². The predicted octanol–water partition coefficient (Wildman–Crippen LogP) is 4.62. The van der Waals surface area contributed by atoms with Crippen LogP contribution in [0.4, 0.5) is 0 Å². The Hall–Kier alpha value is -2.25. The molecule has 0 fully saturated rings. The molecule has 0 radical (unpaired) electrons. The third-order valence-corrected chi connectivity index (χ3v) is 5.08. The number of benzene rings is 1. The lowest BCUT2D eigenvalue weighted by molar-refractivity contribution is -0.141. The molecule has 2 rings (SSSR count). The standard InChI is InChI=1S/C20H24ClNO5S/c1-4-8-27-19-14(21)10-13(11-16(19)26-5-2)20(24)22-15(12-18(23)25-3)17-7-6-9-28-17/h6-7,9-11,15H,4-5,8,12H2,1-3H3,(H,22,24). The van der Waals surface area contributed by atoms with Gasteiger partial charge in [-0.15, -0.1) is 11.3 Å². The second-order valence-corrected chi connectivity index (χ2v) is 7.28. The molecule has 6 nitrogen and oxygen atoms in total. The number of nitrogens with one attached hydrogen (secondary N) is 1. The van der Waals surface area contributed by atoms with Crippen LogP contribution in [0.1, 0.15) is 48.0 Å². The largest absolute Gasteiger partial charge is 0.490 e. The zero-order valence-corrected chi connectivity index (χ0v) is 17.7. The number of amides is 1. The summed E-state index contributed by atoms with van der Waals surface area (Å²) in [7, 11) is 1.32. The lowest BCUT2D eigenvalue weighted by atomic mass is 10.1. The number of carbonyl (C=O) groups is 2. The number of rotatable bonds is 10. The van der Waals surface area contributed by atoms with Crippen molar-refractivity contribution in [2.75, 3.05) is 20.3 Å². The van der Waals surface area contributed by atoms with Crippen LogP contribution in [0.25, 0.3) is 0 Å². The Morgan fingerprint density at radius 2 is 2.04 bits per heavy atom. The Bertz CT molecular complexity index is 794. The molecule has 8 heteroatoms. The van der Waals surface area contributed by atoms with Gasteiger partial charge in [0.1, 0.15) is 0 Å². The maximum absolute atomic E-state index is 12.8. The molecule has 1 heterocycles. The minimum atomic E-state index is -0.495. The fraction of sp³-hybridized carbons (Fsp3) is 0.400. The van der Waals surface area contributed by atoms with Crippen LogP contribution in [-0.4, -0.2) is 32.2 Å². The number of thiophene rings is 1. The van der Waals surface area contributed by atoms with Gasteiger partial charge in [0.2, 0.25) is 0 Å². The van der Waals surface area contributed by atoms with Crippen molar-refractivity contribution in [2.45, 2.75) is 32.7 Å². The molecule has 0 saturated heterocycles. The highest BCUT2D eigenvalue weighted by Crippen LogP contribution is 2.37. The van der Waals surface area contributed by atoms with Gasteiger partial charge in [-0.2, -0.15) is 0 Å². The summed E-state index contributed by atoms with van der Waals surface area (Å²) in [5.41, 5.74) is 0.323. The van der Waals surface area contributed by atoms with Crippen LogP contribution in [0.2, 0.25) is 5.02 Å². The van der Waals surface area contributed by atoms with Gasteiger partial charge in [0, 0.05) is 10.4 Å². The van der Waals surface area contributed by atoms with E-state index in [1.54, 1.807) is 6.07 Å². The van der Waals surface area contributed by atoms with Crippen LogP contribution in [-0.2, 0) is 9.53 Å². The van der Waals surface area contributed by atoms with Gasteiger partial charge in [0.05, 0.1) is 37.8 Å². The first-order valence-corrected chi connectivity index (χ1v) is 10.3. The number of halogens is 1. The van der Waals surface area contributed by atoms with Crippen molar-refractivity contribution in [3.05, 3.63) is 45.1 Å². The molecule has 0 aliphatic heterocycles. The Kier molecular flexibility index (Phi) is 8.60. The average Bonchev–Trinajstić information content (AvgIpc) is 3.21. The Labute approximate surface area is 173 Å². The van der Waals surface area contributed by atoms with Crippen LogP contribution in [0.3, 0.4) is 0 Å². The van der Waals surface area contributed by atoms with Gasteiger partial charge in [0.25, 0.3) is 5.91 Å². The zero-order chi connectivity index (χ0) is 20.5. The van der Waals surface area contributed by atoms with Crippen LogP contribution in [0.5, 0.6) is 11.5 Å². The molecule has 0 saturated carbocycles. The van der Waals surface area contributed by atoms with Crippen LogP contribution >= 0.6 is 22.9 Å². The SMILES string of the molecule is CCCOc1c(Cl)cc(C(=O)NC(CC(=O)OC)c2cccs2)cc1OCC. The molecular weight excluding hydrogens is 402 g/mol. The highest BCUT2D eigenvalue weighted by atomic mass is 35.5. The Balaban J connectivity index is 2.26. The number of hydrogen-bond donors (Lipinski definition) is 1. The van der Waals surface area contributed by atoms with Gasteiger partial charge in [-0.1, -0.05) is 24.6 Å². The smallest absolute Gasteiger partial charge is 0.307 e. The molecule has 1 aromatic heterocycles. The second kappa shape index (κ2) is 10.9. The first kappa shape index (κ1) is 22.0. The summed E-state index contributed by atoms with van der Waals surface area (Å²) in [6.07, 6.45) is 0.854. The van der Waals surface area contributed by atoms with E-state index in [1.165, 1.54) is 24.5 Å². The van der Waals surface area contributed by atoms with E-state index >= 15 is 0 Å². The first-order valence-electron chi connectivity index (χ1n) is 9.00. The van der Waals surface area contributed by atoms with Crippen molar-refractivity contribution in [1.29, 1.82) is 0 Å². The number of hydrogen-bond acceptors (Lipinski definition) is 6. The Morgan fingerprint density at radius 1 is 1.25 bits per heavy atom. The van der Waals surface area contributed by atoms with Crippen LogP contribution in [0, 0.1) is 0 Å². The average molecular weight is 426 g/mol. The molecule has 1 atom stereocenters. The van der Waals surface area contributed by atoms with Crippen molar-refractivity contribution in [3.63, 3.8) is 0 Å². The highest BCUT2D eigenvalue weighted by molar-refractivity contribution is 7.10.